The molecule has 2 aromatic rings. The summed E-state index contributed by atoms with van der Waals surface area (Å²) in [7, 11) is 1.62. The predicted octanol–water partition coefficient (Wildman–Crippen LogP) is 1.97. The van der Waals surface area contributed by atoms with E-state index in [4.69, 9.17) is 4.74 Å². The number of aromatic amines is 1. The molecular formula is C18H22N4O3. The number of nitrogens with zero attached hydrogens (tertiary/aromatic N) is 2. The minimum atomic E-state index is -0.354. The molecular weight excluding hydrogens is 320 g/mol. The van der Waals surface area contributed by atoms with Gasteiger partial charge in [0.05, 0.1) is 13.0 Å². The lowest BCUT2D eigenvalue weighted by molar-refractivity contribution is -0.128. The van der Waals surface area contributed by atoms with Crippen molar-refractivity contribution in [2.45, 2.75) is 26.3 Å². The van der Waals surface area contributed by atoms with Crippen molar-refractivity contribution in [3.8, 4) is 5.75 Å². The molecule has 1 saturated heterocycles. The van der Waals surface area contributed by atoms with E-state index < -0.39 is 0 Å². The zero-order valence-electron chi connectivity index (χ0n) is 14.4. The highest BCUT2D eigenvalue weighted by atomic mass is 16.5. The van der Waals surface area contributed by atoms with Gasteiger partial charge in [0.1, 0.15) is 5.75 Å². The molecule has 132 valence electrons. The highest BCUT2D eigenvalue weighted by Gasteiger charge is 2.34. The van der Waals surface area contributed by atoms with Gasteiger partial charge in [-0.2, -0.15) is 5.10 Å². The van der Waals surface area contributed by atoms with Crippen LogP contribution in [0.5, 0.6) is 5.75 Å². The molecule has 1 aliphatic rings. The van der Waals surface area contributed by atoms with Crippen molar-refractivity contribution < 1.29 is 14.3 Å². The summed E-state index contributed by atoms with van der Waals surface area (Å²) in [4.78, 5) is 26.3. The van der Waals surface area contributed by atoms with Crippen LogP contribution in [0.2, 0.25) is 0 Å². The number of benzene rings is 1. The number of carbonyl (C=O) groups is 2. The summed E-state index contributed by atoms with van der Waals surface area (Å²) in [5.41, 5.74) is 1.97. The fourth-order valence-corrected chi connectivity index (χ4v) is 2.89. The van der Waals surface area contributed by atoms with E-state index in [0.717, 1.165) is 23.4 Å². The van der Waals surface area contributed by atoms with Crippen LogP contribution in [0.15, 0.2) is 30.3 Å². The molecule has 0 saturated carbocycles. The van der Waals surface area contributed by atoms with Crippen LogP contribution >= 0.6 is 0 Å². The highest BCUT2D eigenvalue weighted by Crippen LogP contribution is 2.22. The summed E-state index contributed by atoms with van der Waals surface area (Å²) < 4.78 is 5.13. The standard InChI is InChI=1S/C18H22N4O3/c1-3-14-9-16(21-20-14)19-18(24)13-8-17(23)22(11-13)10-12-4-6-15(25-2)7-5-12/h4-7,9,13H,3,8,10-11H2,1-2H3,(H2,19,20,21,24)/t13-/m0/s1. The van der Waals surface area contributed by atoms with Gasteiger partial charge in [0, 0.05) is 31.3 Å². The molecule has 0 radical (unpaired) electrons. The second-order valence-electron chi connectivity index (χ2n) is 6.14. The zero-order chi connectivity index (χ0) is 17.8. The van der Waals surface area contributed by atoms with Crippen LogP contribution in [0.3, 0.4) is 0 Å². The van der Waals surface area contributed by atoms with Crippen molar-refractivity contribution in [3.63, 3.8) is 0 Å². The van der Waals surface area contributed by atoms with E-state index in [0.29, 0.717) is 18.9 Å². The van der Waals surface area contributed by atoms with Crippen LogP contribution in [0.1, 0.15) is 24.6 Å². The van der Waals surface area contributed by atoms with Gasteiger partial charge in [-0.15, -0.1) is 0 Å². The summed E-state index contributed by atoms with van der Waals surface area (Å²) in [6.07, 6.45) is 1.05. The first kappa shape index (κ1) is 17.0. The Kier molecular flexibility index (Phi) is 5.02. The highest BCUT2D eigenvalue weighted by molar-refractivity contribution is 5.96. The topological polar surface area (TPSA) is 87.3 Å². The van der Waals surface area contributed by atoms with Gasteiger partial charge in [0.25, 0.3) is 0 Å². The minimum absolute atomic E-state index is 0.00718. The van der Waals surface area contributed by atoms with Crippen molar-refractivity contribution in [2.24, 2.45) is 5.92 Å². The number of nitrogens with one attached hydrogen (secondary N) is 2. The molecule has 2 heterocycles. The first-order valence-electron chi connectivity index (χ1n) is 8.35. The maximum Gasteiger partial charge on any atom is 0.230 e. The molecule has 3 rings (SSSR count). The summed E-state index contributed by atoms with van der Waals surface area (Å²) in [5.74, 6) is 0.751. The maximum absolute atomic E-state index is 12.4. The second-order valence-corrected chi connectivity index (χ2v) is 6.14. The summed E-state index contributed by atoms with van der Waals surface area (Å²) >= 11 is 0. The van der Waals surface area contributed by atoms with E-state index in [1.165, 1.54) is 0 Å². The number of hydrogen-bond acceptors (Lipinski definition) is 4. The fraction of sp³-hybridized carbons (Fsp3) is 0.389. The number of hydrogen-bond donors (Lipinski definition) is 2. The van der Waals surface area contributed by atoms with Crippen molar-refractivity contribution in [2.75, 3.05) is 19.0 Å². The molecule has 25 heavy (non-hydrogen) atoms. The monoisotopic (exact) mass is 342 g/mol. The Hall–Kier alpha value is -2.83. The Labute approximate surface area is 146 Å². The Balaban J connectivity index is 1.58. The van der Waals surface area contributed by atoms with Crippen molar-refractivity contribution in [1.82, 2.24) is 15.1 Å². The largest absolute Gasteiger partial charge is 0.497 e. The SMILES string of the molecule is CCc1cc(NC(=O)[C@H]2CC(=O)N(Cc3ccc(OC)cc3)C2)n[nH]1. The quantitative estimate of drug-likeness (QED) is 0.840. The summed E-state index contributed by atoms with van der Waals surface area (Å²) in [5, 5.41) is 9.69. The lowest BCUT2D eigenvalue weighted by Gasteiger charge is -2.16. The molecule has 0 unspecified atom stereocenters. The first-order valence-corrected chi connectivity index (χ1v) is 8.35. The lowest BCUT2D eigenvalue weighted by atomic mass is 10.1. The number of amides is 2. The molecule has 2 N–H and O–H groups in total. The zero-order valence-corrected chi connectivity index (χ0v) is 14.4. The Bertz CT molecular complexity index is 754. The molecule has 1 fully saturated rings. The van der Waals surface area contributed by atoms with Crippen molar-refractivity contribution >= 4 is 17.6 Å². The number of ether oxygens (including phenoxy) is 1. The first-order chi connectivity index (χ1) is 12.1. The molecule has 1 aliphatic heterocycles. The van der Waals surface area contributed by atoms with Crippen LogP contribution in [-0.2, 0) is 22.6 Å². The predicted molar refractivity (Wildman–Crippen MR) is 93.1 cm³/mol. The van der Waals surface area contributed by atoms with Crippen molar-refractivity contribution in [1.29, 1.82) is 0 Å². The number of rotatable bonds is 6. The van der Waals surface area contributed by atoms with Gasteiger partial charge < -0.3 is 15.0 Å². The van der Waals surface area contributed by atoms with Crippen LogP contribution in [-0.4, -0.2) is 40.6 Å². The van der Waals surface area contributed by atoms with Crippen LogP contribution in [0.25, 0.3) is 0 Å². The molecule has 0 bridgehead atoms. The molecule has 0 spiro atoms. The lowest BCUT2D eigenvalue weighted by Crippen LogP contribution is -2.28. The summed E-state index contributed by atoms with van der Waals surface area (Å²) in [6, 6.07) is 9.39. The average Bonchev–Trinajstić information content (AvgIpc) is 3.22. The molecule has 7 nitrogen and oxygen atoms in total. The minimum Gasteiger partial charge on any atom is -0.497 e. The third kappa shape index (κ3) is 3.99. The summed E-state index contributed by atoms with van der Waals surface area (Å²) in [6.45, 7) is 2.92. The smallest absolute Gasteiger partial charge is 0.230 e. The fourth-order valence-electron chi connectivity index (χ4n) is 2.89. The van der Waals surface area contributed by atoms with Crippen molar-refractivity contribution in [3.05, 3.63) is 41.6 Å². The maximum atomic E-state index is 12.4. The van der Waals surface area contributed by atoms with Crippen LogP contribution in [0.4, 0.5) is 5.82 Å². The number of methoxy groups -OCH3 is 1. The number of anilines is 1. The number of H-pyrrole nitrogens is 1. The average molecular weight is 342 g/mol. The molecule has 1 aromatic carbocycles. The van der Waals surface area contributed by atoms with Gasteiger partial charge >= 0.3 is 0 Å². The Morgan fingerprint density at radius 1 is 1.40 bits per heavy atom. The molecule has 1 aromatic heterocycles. The van der Waals surface area contributed by atoms with Gasteiger partial charge in [-0.1, -0.05) is 19.1 Å². The Morgan fingerprint density at radius 2 is 2.16 bits per heavy atom. The molecule has 7 heteroatoms. The number of aryl methyl sites for hydroxylation is 1. The molecule has 1 atom stereocenters. The van der Waals surface area contributed by atoms with E-state index in [9.17, 15) is 9.59 Å². The van der Waals surface area contributed by atoms with E-state index in [1.807, 2.05) is 37.3 Å². The number of carbonyl (C=O) groups excluding carboxylic acids is 2. The third-order valence-electron chi connectivity index (χ3n) is 4.38. The Morgan fingerprint density at radius 3 is 2.80 bits per heavy atom. The van der Waals surface area contributed by atoms with E-state index >= 15 is 0 Å². The van der Waals surface area contributed by atoms with Crippen LogP contribution in [0, 0.1) is 5.92 Å². The van der Waals surface area contributed by atoms with Gasteiger partial charge in [-0.05, 0) is 24.1 Å². The number of aromatic nitrogens is 2. The van der Waals surface area contributed by atoms with Gasteiger partial charge in [0.2, 0.25) is 11.8 Å². The van der Waals surface area contributed by atoms with Gasteiger partial charge in [0.15, 0.2) is 5.82 Å². The molecule has 0 aliphatic carbocycles. The molecule has 2 amide bonds. The normalized spacial score (nSPS) is 17.0. The van der Waals surface area contributed by atoms with Gasteiger partial charge in [-0.25, -0.2) is 0 Å². The third-order valence-corrected chi connectivity index (χ3v) is 4.38. The van der Waals surface area contributed by atoms with Gasteiger partial charge in [-0.3, -0.25) is 14.7 Å². The second kappa shape index (κ2) is 7.38. The van der Waals surface area contributed by atoms with Crippen LogP contribution < -0.4 is 10.1 Å². The number of likely N-dealkylation sites (tertiary alicyclic amines) is 1. The van der Waals surface area contributed by atoms with E-state index in [-0.39, 0.29) is 24.2 Å². The van der Waals surface area contributed by atoms with E-state index in [1.54, 1.807) is 12.0 Å². The van der Waals surface area contributed by atoms with E-state index in [2.05, 4.69) is 15.5 Å².